The summed E-state index contributed by atoms with van der Waals surface area (Å²) >= 11 is 0. The normalized spacial score (nSPS) is 17.4. The minimum atomic E-state index is 0.271. The molecule has 1 aliphatic rings. The molecule has 0 amide bonds. The summed E-state index contributed by atoms with van der Waals surface area (Å²) < 4.78 is 11.1. The van der Waals surface area contributed by atoms with E-state index in [1.807, 2.05) is 13.1 Å². The molecular weight excluding hydrogens is 192 g/mol. The van der Waals surface area contributed by atoms with Crippen molar-refractivity contribution in [1.82, 2.24) is 4.98 Å². The highest BCUT2D eigenvalue weighted by atomic mass is 16.5. The summed E-state index contributed by atoms with van der Waals surface area (Å²) in [5.74, 6) is 0.828. The summed E-state index contributed by atoms with van der Waals surface area (Å²) in [4.78, 5) is 4.10. The largest absolute Gasteiger partial charge is 0.489 e. The van der Waals surface area contributed by atoms with E-state index in [0.717, 1.165) is 37.5 Å². The molecule has 4 nitrogen and oxygen atoms in total. The third-order valence-electron chi connectivity index (χ3n) is 2.47. The first-order valence-electron chi connectivity index (χ1n) is 5.25. The molecule has 4 heteroatoms. The van der Waals surface area contributed by atoms with Gasteiger partial charge in [-0.2, -0.15) is 0 Å². The minimum Gasteiger partial charge on any atom is -0.489 e. The van der Waals surface area contributed by atoms with E-state index in [1.54, 1.807) is 12.4 Å². The SMILES string of the molecule is CNc1cncc(OC2CCOCC2)c1. The van der Waals surface area contributed by atoms with Crippen LogP contribution in [0.1, 0.15) is 12.8 Å². The molecule has 1 saturated heterocycles. The van der Waals surface area contributed by atoms with Gasteiger partial charge in [0.05, 0.1) is 31.3 Å². The molecule has 0 spiro atoms. The number of ether oxygens (including phenoxy) is 2. The summed E-state index contributed by atoms with van der Waals surface area (Å²) in [6.45, 7) is 1.59. The van der Waals surface area contributed by atoms with Crippen molar-refractivity contribution >= 4 is 5.69 Å². The molecule has 1 aliphatic heterocycles. The zero-order valence-corrected chi connectivity index (χ0v) is 8.90. The fourth-order valence-electron chi connectivity index (χ4n) is 1.61. The van der Waals surface area contributed by atoms with Crippen LogP contribution in [0.5, 0.6) is 5.75 Å². The molecule has 0 unspecified atom stereocenters. The van der Waals surface area contributed by atoms with Gasteiger partial charge >= 0.3 is 0 Å². The van der Waals surface area contributed by atoms with Gasteiger partial charge in [-0.1, -0.05) is 0 Å². The van der Waals surface area contributed by atoms with Crippen molar-refractivity contribution in [2.24, 2.45) is 0 Å². The van der Waals surface area contributed by atoms with Crippen molar-refractivity contribution in [3.8, 4) is 5.75 Å². The number of aromatic nitrogens is 1. The summed E-state index contributed by atoms with van der Waals surface area (Å²) in [6.07, 6.45) is 5.72. The monoisotopic (exact) mass is 208 g/mol. The maximum atomic E-state index is 5.82. The zero-order valence-electron chi connectivity index (χ0n) is 8.90. The Balaban J connectivity index is 1.96. The van der Waals surface area contributed by atoms with Crippen LogP contribution < -0.4 is 10.1 Å². The molecule has 0 radical (unpaired) electrons. The van der Waals surface area contributed by atoms with E-state index in [1.165, 1.54) is 0 Å². The summed E-state index contributed by atoms with van der Waals surface area (Å²) in [5.41, 5.74) is 0.972. The lowest BCUT2D eigenvalue weighted by Crippen LogP contribution is -2.25. The fraction of sp³-hybridized carbons (Fsp3) is 0.545. The lowest BCUT2D eigenvalue weighted by Gasteiger charge is -2.23. The van der Waals surface area contributed by atoms with Crippen LogP contribution in [0.2, 0.25) is 0 Å². The Hall–Kier alpha value is -1.29. The number of nitrogens with zero attached hydrogens (tertiary/aromatic N) is 1. The molecule has 0 saturated carbocycles. The van der Waals surface area contributed by atoms with Crippen molar-refractivity contribution in [2.75, 3.05) is 25.6 Å². The van der Waals surface area contributed by atoms with Gasteiger partial charge in [0, 0.05) is 26.0 Å². The third-order valence-corrected chi connectivity index (χ3v) is 2.47. The molecule has 0 aliphatic carbocycles. The van der Waals surface area contributed by atoms with Crippen molar-refractivity contribution in [2.45, 2.75) is 18.9 Å². The summed E-state index contributed by atoms with van der Waals surface area (Å²) in [5, 5.41) is 3.04. The molecule has 1 aromatic rings. The van der Waals surface area contributed by atoms with Crippen LogP contribution in [0.25, 0.3) is 0 Å². The second kappa shape index (κ2) is 4.98. The fourth-order valence-corrected chi connectivity index (χ4v) is 1.61. The van der Waals surface area contributed by atoms with Crippen LogP contribution in [-0.2, 0) is 4.74 Å². The Bertz CT molecular complexity index is 311. The lowest BCUT2D eigenvalue weighted by molar-refractivity contribution is 0.0254. The average Bonchev–Trinajstić information content (AvgIpc) is 2.31. The van der Waals surface area contributed by atoms with E-state index in [9.17, 15) is 0 Å². The number of rotatable bonds is 3. The summed E-state index contributed by atoms with van der Waals surface area (Å²) in [6, 6.07) is 1.96. The predicted octanol–water partition coefficient (Wildman–Crippen LogP) is 1.68. The number of hydrogen-bond donors (Lipinski definition) is 1. The topological polar surface area (TPSA) is 43.4 Å². The quantitative estimate of drug-likeness (QED) is 0.820. The Labute approximate surface area is 89.6 Å². The van der Waals surface area contributed by atoms with Crippen LogP contribution in [0.3, 0.4) is 0 Å². The van der Waals surface area contributed by atoms with Crippen molar-refractivity contribution in [3.63, 3.8) is 0 Å². The van der Waals surface area contributed by atoms with Gasteiger partial charge in [-0.25, -0.2) is 0 Å². The standard InChI is InChI=1S/C11H16N2O2/c1-12-9-6-11(8-13-7-9)15-10-2-4-14-5-3-10/h6-8,10,12H,2-5H2,1H3. The third kappa shape index (κ3) is 2.83. The maximum Gasteiger partial charge on any atom is 0.140 e. The first-order chi connectivity index (χ1) is 7.38. The molecular formula is C11H16N2O2. The molecule has 2 rings (SSSR count). The van der Waals surface area contributed by atoms with E-state index in [-0.39, 0.29) is 6.10 Å². The highest BCUT2D eigenvalue weighted by Crippen LogP contribution is 2.19. The van der Waals surface area contributed by atoms with Gasteiger partial charge in [-0.05, 0) is 0 Å². The molecule has 0 aromatic carbocycles. The first-order valence-corrected chi connectivity index (χ1v) is 5.25. The molecule has 1 fully saturated rings. The molecule has 2 heterocycles. The number of nitrogens with one attached hydrogen (secondary N) is 1. The summed E-state index contributed by atoms with van der Waals surface area (Å²) in [7, 11) is 1.87. The molecule has 1 N–H and O–H groups in total. The molecule has 82 valence electrons. The van der Waals surface area contributed by atoms with Gasteiger partial charge < -0.3 is 14.8 Å². The average molecular weight is 208 g/mol. The van der Waals surface area contributed by atoms with Crippen molar-refractivity contribution < 1.29 is 9.47 Å². The molecule has 0 atom stereocenters. The second-order valence-corrected chi connectivity index (χ2v) is 3.59. The number of pyridine rings is 1. The van der Waals surface area contributed by atoms with Crippen LogP contribution >= 0.6 is 0 Å². The Morgan fingerprint density at radius 1 is 1.40 bits per heavy atom. The van der Waals surface area contributed by atoms with E-state index in [0.29, 0.717) is 0 Å². The molecule has 15 heavy (non-hydrogen) atoms. The van der Waals surface area contributed by atoms with Gasteiger partial charge in [0.1, 0.15) is 11.9 Å². The Morgan fingerprint density at radius 2 is 2.20 bits per heavy atom. The van der Waals surface area contributed by atoms with Gasteiger partial charge in [-0.3, -0.25) is 4.98 Å². The van der Waals surface area contributed by atoms with Crippen LogP contribution in [-0.4, -0.2) is 31.3 Å². The van der Waals surface area contributed by atoms with E-state index < -0.39 is 0 Å². The van der Waals surface area contributed by atoms with Crippen LogP contribution in [0.4, 0.5) is 5.69 Å². The van der Waals surface area contributed by atoms with E-state index >= 15 is 0 Å². The van der Waals surface area contributed by atoms with Crippen molar-refractivity contribution in [1.29, 1.82) is 0 Å². The van der Waals surface area contributed by atoms with Crippen LogP contribution in [0, 0.1) is 0 Å². The van der Waals surface area contributed by atoms with Gasteiger partial charge in [-0.15, -0.1) is 0 Å². The van der Waals surface area contributed by atoms with Crippen LogP contribution in [0.15, 0.2) is 18.5 Å². The maximum absolute atomic E-state index is 5.82. The Kier molecular flexibility index (Phi) is 3.40. The number of anilines is 1. The van der Waals surface area contributed by atoms with Gasteiger partial charge in [0.2, 0.25) is 0 Å². The lowest BCUT2D eigenvalue weighted by atomic mass is 10.1. The highest BCUT2D eigenvalue weighted by molar-refractivity contribution is 5.44. The predicted molar refractivity (Wildman–Crippen MR) is 58.3 cm³/mol. The van der Waals surface area contributed by atoms with E-state index in [2.05, 4.69) is 10.3 Å². The number of hydrogen-bond acceptors (Lipinski definition) is 4. The molecule has 0 bridgehead atoms. The smallest absolute Gasteiger partial charge is 0.140 e. The van der Waals surface area contributed by atoms with E-state index in [4.69, 9.17) is 9.47 Å². The minimum absolute atomic E-state index is 0.271. The highest BCUT2D eigenvalue weighted by Gasteiger charge is 2.15. The first kappa shape index (κ1) is 10.2. The zero-order chi connectivity index (χ0) is 10.5. The Morgan fingerprint density at radius 3 is 2.93 bits per heavy atom. The van der Waals surface area contributed by atoms with Crippen molar-refractivity contribution in [3.05, 3.63) is 18.5 Å². The molecule has 1 aromatic heterocycles. The second-order valence-electron chi connectivity index (χ2n) is 3.59. The van der Waals surface area contributed by atoms with Gasteiger partial charge in [0.15, 0.2) is 0 Å². The van der Waals surface area contributed by atoms with Gasteiger partial charge in [0.25, 0.3) is 0 Å².